The molecule has 0 radical (unpaired) electrons. The summed E-state index contributed by atoms with van der Waals surface area (Å²) in [6.07, 6.45) is 2.25. The van der Waals surface area contributed by atoms with Crippen molar-refractivity contribution in [2.75, 3.05) is 19.8 Å². The van der Waals surface area contributed by atoms with E-state index >= 15 is 0 Å². The van der Waals surface area contributed by atoms with Crippen LogP contribution in [0.5, 0.6) is 5.75 Å². The van der Waals surface area contributed by atoms with Crippen LogP contribution in [0.15, 0.2) is 16.6 Å². The smallest absolute Gasteiger partial charge is 0.127 e. The lowest BCUT2D eigenvalue weighted by Gasteiger charge is -2.26. The van der Waals surface area contributed by atoms with Gasteiger partial charge in [0.25, 0.3) is 0 Å². The first-order chi connectivity index (χ1) is 9.20. The van der Waals surface area contributed by atoms with Crippen molar-refractivity contribution in [3.63, 3.8) is 0 Å². The van der Waals surface area contributed by atoms with Crippen LogP contribution in [0.1, 0.15) is 30.9 Å². The maximum absolute atomic E-state index is 6.23. The summed E-state index contributed by atoms with van der Waals surface area (Å²) in [5.74, 6) is 1.04. The zero-order valence-corrected chi connectivity index (χ0v) is 13.3. The summed E-state index contributed by atoms with van der Waals surface area (Å²) in [4.78, 5) is 0. The summed E-state index contributed by atoms with van der Waals surface area (Å²) in [6.45, 7) is 7.64. The van der Waals surface area contributed by atoms with Crippen molar-refractivity contribution >= 4 is 15.9 Å². The van der Waals surface area contributed by atoms with Gasteiger partial charge in [0.15, 0.2) is 0 Å². The van der Waals surface area contributed by atoms with Gasteiger partial charge in [-0.2, -0.15) is 0 Å². The molecule has 0 amide bonds. The molecule has 1 saturated heterocycles. The summed E-state index contributed by atoms with van der Waals surface area (Å²) in [5.41, 5.74) is 2.41. The number of aryl methyl sites for hydroxylation is 1. The van der Waals surface area contributed by atoms with Gasteiger partial charge < -0.3 is 14.8 Å². The molecule has 0 aliphatic carbocycles. The van der Waals surface area contributed by atoms with Crippen molar-refractivity contribution in [3.8, 4) is 5.75 Å². The Balaban J connectivity index is 2.15. The summed E-state index contributed by atoms with van der Waals surface area (Å²) in [7, 11) is 0. The Morgan fingerprint density at radius 2 is 2.11 bits per heavy atom. The molecular formula is C15H22BrNO2. The topological polar surface area (TPSA) is 30.5 Å². The molecule has 1 N–H and O–H groups in total. The van der Waals surface area contributed by atoms with Crippen LogP contribution in [0.2, 0.25) is 0 Å². The highest BCUT2D eigenvalue weighted by molar-refractivity contribution is 9.10. The number of ether oxygens (including phenoxy) is 2. The molecule has 1 aromatic rings. The van der Waals surface area contributed by atoms with Gasteiger partial charge in [0.2, 0.25) is 0 Å². The first-order valence-electron chi connectivity index (χ1n) is 6.95. The third-order valence-corrected chi connectivity index (χ3v) is 3.79. The SMILES string of the molecule is CCNCc1cc(Br)cc(C)c1OC1CCOCC1. The van der Waals surface area contributed by atoms with Crippen molar-refractivity contribution in [3.05, 3.63) is 27.7 Å². The highest BCUT2D eigenvalue weighted by Crippen LogP contribution is 2.30. The Labute approximate surface area is 123 Å². The second-order valence-electron chi connectivity index (χ2n) is 4.92. The minimum Gasteiger partial charge on any atom is -0.490 e. The van der Waals surface area contributed by atoms with Gasteiger partial charge in [-0.05, 0) is 31.2 Å². The van der Waals surface area contributed by atoms with Crippen LogP contribution in [-0.4, -0.2) is 25.9 Å². The van der Waals surface area contributed by atoms with Crippen LogP contribution in [0.4, 0.5) is 0 Å². The van der Waals surface area contributed by atoms with Gasteiger partial charge in [-0.3, -0.25) is 0 Å². The molecule has 1 fully saturated rings. The van der Waals surface area contributed by atoms with Crippen molar-refractivity contribution in [1.82, 2.24) is 5.32 Å². The zero-order valence-electron chi connectivity index (χ0n) is 11.7. The standard InChI is InChI=1S/C15H22BrNO2/c1-3-17-10-12-9-13(16)8-11(2)15(12)19-14-4-6-18-7-5-14/h8-9,14,17H,3-7,10H2,1-2H3. The van der Waals surface area contributed by atoms with E-state index in [-0.39, 0.29) is 6.10 Å². The van der Waals surface area contributed by atoms with E-state index in [4.69, 9.17) is 9.47 Å². The molecule has 0 bridgehead atoms. The van der Waals surface area contributed by atoms with E-state index in [1.807, 2.05) is 0 Å². The number of hydrogen-bond acceptors (Lipinski definition) is 3. The Bertz CT molecular complexity index is 417. The summed E-state index contributed by atoms with van der Waals surface area (Å²) < 4.78 is 12.7. The van der Waals surface area contributed by atoms with Crippen LogP contribution < -0.4 is 10.1 Å². The van der Waals surface area contributed by atoms with E-state index in [9.17, 15) is 0 Å². The molecule has 0 saturated carbocycles. The van der Waals surface area contributed by atoms with Gasteiger partial charge in [0.05, 0.1) is 13.2 Å². The van der Waals surface area contributed by atoms with E-state index in [1.54, 1.807) is 0 Å². The lowest BCUT2D eigenvalue weighted by atomic mass is 10.1. The fourth-order valence-corrected chi connectivity index (χ4v) is 2.94. The van der Waals surface area contributed by atoms with Gasteiger partial charge in [-0.25, -0.2) is 0 Å². The molecule has 2 rings (SSSR count). The predicted molar refractivity (Wildman–Crippen MR) is 80.7 cm³/mol. The van der Waals surface area contributed by atoms with E-state index in [0.29, 0.717) is 0 Å². The Morgan fingerprint density at radius 1 is 1.37 bits per heavy atom. The number of rotatable bonds is 5. The molecule has 19 heavy (non-hydrogen) atoms. The first-order valence-corrected chi connectivity index (χ1v) is 7.74. The quantitative estimate of drug-likeness (QED) is 0.898. The van der Waals surface area contributed by atoms with Crippen molar-refractivity contribution < 1.29 is 9.47 Å². The minimum atomic E-state index is 0.286. The van der Waals surface area contributed by atoms with Gasteiger partial charge >= 0.3 is 0 Å². The number of hydrogen-bond donors (Lipinski definition) is 1. The lowest BCUT2D eigenvalue weighted by Crippen LogP contribution is -2.27. The number of benzene rings is 1. The summed E-state index contributed by atoms with van der Waals surface area (Å²) in [6, 6.07) is 4.26. The third-order valence-electron chi connectivity index (χ3n) is 3.33. The van der Waals surface area contributed by atoms with E-state index in [0.717, 1.165) is 49.4 Å². The molecule has 1 aliphatic rings. The molecule has 4 heteroatoms. The van der Waals surface area contributed by atoms with Gasteiger partial charge in [-0.1, -0.05) is 22.9 Å². The molecule has 0 aromatic heterocycles. The Hall–Kier alpha value is -0.580. The van der Waals surface area contributed by atoms with Gasteiger partial charge in [-0.15, -0.1) is 0 Å². The zero-order chi connectivity index (χ0) is 13.7. The average Bonchev–Trinajstić information content (AvgIpc) is 2.41. The number of nitrogens with one attached hydrogen (secondary N) is 1. The van der Waals surface area contributed by atoms with Crippen LogP contribution >= 0.6 is 15.9 Å². The van der Waals surface area contributed by atoms with E-state index < -0.39 is 0 Å². The predicted octanol–water partition coefficient (Wildman–Crippen LogP) is 3.42. The Kier molecular flexibility index (Phi) is 5.67. The highest BCUT2D eigenvalue weighted by Gasteiger charge is 2.18. The minimum absolute atomic E-state index is 0.286. The number of halogens is 1. The largest absolute Gasteiger partial charge is 0.490 e. The molecule has 1 heterocycles. The third kappa shape index (κ3) is 4.20. The van der Waals surface area contributed by atoms with Crippen LogP contribution in [-0.2, 0) is 11.3 Å². The summed E-state index contributed by atoms with van der Waals surface area (Å²) in [5, 5.41) is 3.37. The second kappa shape index (κ2) is 7.27. The normalized spacial score (nSPS) is 16.6. The van der Waals surface area contributed by atoms with Crippen LogP contribution in [0.3, 0.4) is 0 Å². The molecular weight excluding hydrogens is 306 g/mol. The maximum Gasteiger partial charge on any atom is 0.127 e. The molecule has 1 aromatic carbocycles. The van der Waals surface area contributed by atoms with Crippen molar-refractivity contribution in [2.24, 2.45) is 0 Å². The van der Waals surface area contributed by atoms with Gasteiger partial charge in [0, 0.05) is 29.4 Å². The molecule has 3 nitrogen and oxygen atoms in total. The van der Waals surface area contributed by atoms with Crippen LogP contribution in [0.25, 0.3) is 0 Å². The van der Waals surface area contributed by atoms with E-state index in [2.05, 4.69) is 47.2 Å². The maximum atomic E-state index is 6.23. The molecule has 0 spiro atoms. The summed E-state index contributed by atoms with van der Waals surface area (Å²) >= 11 is 3.56. The average molecular weight is 328 g/mol. The Morgan fingerprint density at radius 3 is 2.79 bits per heavy atom. The first kappa shape index (κ1) is 14.8. The fraction of sp³-hybridized carbons (Fsp3) is 0.600. The monoisotopic (exact) mass is 327 g/mol. The van der Waals surface area contributed by atoms with Gasteiger partial charge in [0.1, 0.15) is 11.9 Å². The molecule has 1 aliphatic heterocycles. The van der Waals surface area contributed by atoms with E-state index in [1.165, 1.54) is 11.1 Å². The highest BCUT2D eigenvalue weighted by atomic mass is 79.9. The fourth-order valence-electron chi connectivity index (χ4n) is 2.32. The molecule has 0 atom stereocenters. The second-order valence-corrected chi connectivity index (χ2v) is 5.84. The van der Waals surface area contributed by atoms with Crippen molar-refractivity contribution in [2.45, 2.75) is 39.3 Å². The lowest BCUT2D eigenvalue weighted by molar-refractivity contribution is 0.0248. The van der Waals surface area contributed by atoms with Crippen LogP contribution in [0, 0.1) is 6.92 Å². The molecule has 0 unspecified atom stereocenters. The van der Waals surface area contributed by atoms with Crippen molar-refractivity contribution in [1.29, 1.82) is 0 Å². The molecule has 106 valence electrons.